The zero-order valence-corrected chi connectivity index (χ0v) is 21.5. The lowest BCUT2D eigenvalue weighted by Gasteiger charge is -2.31. The van der Waals surface area contributed by atoms with Gasteiger partial charge in [0.2, 0.25) is 11.8 Å². The van der Waals surface area contributed by atoms with Crippen molar-refractivity contribution in [3.05, 3.63) is 65.5 Å². The molecule has 2 unspecified atom stereocenters. The summed E-state index contributed by atoms with van der Waals surface area (Å²) in [6, 6.07) is 12.6. The number of hydrogen-bond acceptors (Lipinski definition) is 7. The van der Waals surface area contributed by atoms with Gasteiger partial charge >= 0.3 is 0 Å². The molecule has 2 aromatic carbocycles. The number of ether oxygens (including phenoxy) is 1. The van der Waals surface area contributed by atoms with Crippen molar-refractivity contribution in [2.75, 3.05) is 18.9 Å². The number of rotatable bonds is 9. The summed E-state index contributed by atoms with van der Waals surface area (Å²) in [4.78, 5) is 48.8. The monoisotopic (exact) mass is 537 g/mol. The number of nitrogens with one attached hydrogen (secondary N) is 2. The van der Waals surface area contributed by atoms with Crippen molar-refractivity contribution < 1.29 is 23.5 Å². The van der Waals surface area contributed by atoms with Crippen LogP contribution in [0.25, 0.3) is 0 Å². The number of benzene rings is 2. The van der Waals surface area contributed by atoms with E-state index in [0.29, 0.717) is 23.2 Å². The lowest BCUT2D eigenvalue weighted by atomic mass is 10.1. The van der Waals surface area contributed by atoms with Crippen LogP contribution in [-0.4, -0.2) is 64.7 Å². The predicted molar refractivity (Wildman–Crippen MR) is 143 cm³/mol. The van der Waals surface area contributed by atoms with Gasteiger partial charge in [-0.25, -0.2) is 9.38 Å². The average molecular weight is 538 g/mol. The third-order valence-corrected chi connectivity index (χ3v) is 7.49. The number of halogens is 1. The Labute approximate surface area is 223 Å². The molecule has 1 saturated heterocycles. The Morgan fingerprint density at radius 3 is 2.68 bits per heavy atom. The highest BCUT2D eigenvalue weighted by molar-refractivity contribution is 8.14. The van der Waals surface area contributed by atoms with Crippen molar-refractivity contribution >= 4 is 46.2 Å². The van der Waals surface area contributed by atoms with Gasteiger partial charge in [0.1, 0.15) is 17.7 Å². The Bertz CT molecular complexity index is 1280. The summed E-state index contributed by atoms with van der Waals surface area (Å²) in [5.74, 6) is -0.454. The number of carbonyl (C=O) groups is 3. The summed E-state index contributed by atoms with van der Waals surface area (Å²) < 4.78 is 18.7. The SMILES string of the molecule is O=C(CCC1C(=O)N=C2c3ccccc3N=C(SCC(=O)NCC3CCCO3)N21)NCc1ccc(F)cc1. The third kappa shape index (κ3) is 6.11. The maximum Gasteiger partial charge on any atom is 0.270 e. The normalized spacial score (nSPS) is 19.9. The molecule has 3 amide bonds. The third-order valence-electron chi connectivity index (χ3n) is 6.54. The van der Waals surface area contributed by atoms with Crippen LogP contribution in [0, 0.1) is 5.82 Å². The fraction of sp³-hybridized carbons (Fsp3) is 0.370. The summed E-state index contributed by atoms with van der Waals surface area (Å²) in [5.41, 5.74) is 2.19. The van der Waals surface area contributed by atoms with Crippen LogP contribution in [0.15, 0.2) is 58.5 Å². The highest BCUT2D eigenvalue weighted by Crippen LogP contribution is 2.35. The molecule has 3 aliphatic rings. The van der Waals surface area contributed by atoms with Gasteiger partial charge in [-0.2, -0.15) is 4.99 Å². The van der Waals surface area contributed by atoms with E-state index in [-0.39, 0.29) is 54.8 Å². The van der Waals surface area contributed by atoms with Gasteiger partial charge in [-0.3, -0.25) is 19.3 Å². The Morgan fingerprint density at radius 2 is 1.89 bits per heavy atom. The van der Waals surface area contributed by atoms with Crippen molar-refractivity contribution in [3.8, 4) is 0 Å². The van der Waals surface area contributed by atoms with E-state index >= 15 is 0 Å². The standard InChI is InChI=1S/C27H28FN5O4S/c28-18-9-7-17(8-10-18)14-29-23(34)12-11-22-26(36)32-25-20-5-1-2-6-21(20)31-27(33(22)25)38-16-24(35)30-15-19-4-3-13-37-19/h1-2,5-10,19,22H,3-4,11-16H2,(H,29,34)(H,30,35). The first kappa shape index (κ1) is 26.1. The van der Waals surface area contributed by atoms with Gasteiger partial charge < -0.3 is 15.4 Å². The number of amides is 3. The molecule has 11 heteroatoms. The second kappa shape index (κ2) is 11.9. The summed E-state index contributed by atoms with van der Waals surface area (Å²) in [6.07, 6.45) is 2.32. The molecule has 0 aliphatic carbocycles. The number of amidine groups is 2. The predicted octanol–water partition coefficient (Wildman–Crippen LogP) is 2.91. The molecule has 0 aromatic heterocycles. The largest absolute Gasteiger partial charge is 0.376 e. The molecule has 2 atom stereocenters. The molecule has 0 saturated carbocycles. The van der Waals surface area contributed by atoms with Crippen LogP contribution >= 0.6 is 11.8 Å². The van der Waals surface area contributed by atoms with E-state index in [1.165, 1.54) is 23.9 Å². The van der Waals surface area contributed by atoms with Crippen LogP contribution in [-0.2, 0) is 25.7 Å². The van der Waals surface area contributed by atoms with E-state index in [1.807, 2.05) is 24.3 Å². The van der Waals surface area contributed by atoms with E-state index in [9.17, 15) is 18.8 Å². The Morgan fingerprint density at radius 1 is 1.08 bits per heavy atom. The maximum atomic E-state index is 13.1. The number of fused-ring (bicyclic) bond motifs is 3. The minimum atomic E-state index is -0.698. The van der Waals surface area contributed by atoms with Gasteiger partial charge in [0.05, 0.1) is 17.5 Å². The molecule has 1 fully saturated rings. The minimum Gasteiger partial charge on any atom is -0.376 e. The Kier molecular flexibility index (Phi) is 8.14. The van der Waals surface area contributed by atoms with Crippen LogP contribution in [0.1, 0.15) is 36.8 Å². The Balaban J connectivity index is 1.22. The van der Waals surface area contributed by atoms with Crippen molar-refractivity contribution in [1.29, 1.82) is 0 Å². The van der Waals surface area contributed by atoms with Gasteiger partial charge in [0.25, 0.3) is 5.91 Å². The maximum absolute atomic E-state index is 13.1. The molecule has 0 bridgehead atoms. The molecule has 5 rings (SSSR count). The van der Waals surface area contributed by atoms with Crippen LogP contribution in [0.3, 0.4) is 0 Å². The summed E-state index contributed by atoms with van der Waals surface area (Å²) in [6.45, 7) is 1.46. The molecule has 3 heterocycles. The summed E-state index contributed by atoms with van der Waals surface area (Å²) >= 11 is 1.24. The Hall–Kier alpha value is -3.57. The average Bonchev–Trinajstić information content (AvgIpc) is 3.56. The van der Waals surface area contributed by atoms with Gasteiger partial charge in [0.15, 0.2) is 5.17 Å². The topological polar surface area (TPSA) is 112 Å². The van der Waals surface area contributed by atoms with Crippen molar-refractivity contribution in [3.63, 3.8) is 0 Å². The molecule has 2 aromatic rings. The molecule has 0 spiro atoms. The molecule has 2 N–H and O–H groups in total. The highest BCUT2D eigenvalue weighted by atomic mass is 32.2. The number of aliphatic imine (C=N–C) groups is 2. The van der Waals surface area contributed by atoms with Gasteiger partial charge in [0, 0.05) is 31.7 Å². The number of thioether (sulfide) groups is 1. The first-order chi connectivity index (χ1) is 18.5. The van der Waals surface area contributed by atoms with E-state index in [1.54, 1.807) is 17.0 Å². The summed E-state index contributed by atoms with van der Waals surface area (Å²) in [5, 5.41) is 6.21. The number of carbonyl (C=O) groups excluding carboxylic acids is 3. The minimum absolute atomic E-state index is 0.0522. The summed E-state index contributed by atoms with van der Waals surface area (Å²) in [7, 11) is 0. The van der Waals surface area contributed by atoms with E-state index in [0.717, 1.165) is 30.6 Å². The van der Waals surface area contributed by atoms with Crippen molar-refractivity contribution in [2.45, 2.75) is 44.4 Å². The molecule has 0 radical (unpaired) electrons. The van der Waals surface area contributed by atoms with Crippen molar-refractivity contribution in [1.82, 2.24) is 15.5 Å². The lowest BCUT2D eigenvalue weighted by Crippen LogP contribution is -2.44. The molecule has 38 heavy (non-hydrogen) atoms. The first-order valence-electron chi connectivity index (χ1n) is 12.6. The number of hydrogen-bond donors (Lipinski definition) is 2. The molecule has 198 valence electrons. The van der Waals surface area contributed by atoms with Gasteiger partial charge in [-0.05, 0) is 49.1 Å². The molecular weight excluding hydrogens is 509 g/mol. The van der Waals surface area contributed by atoms with Crippen molar-refractivity contribution in [2.24, 2.45) is 9.98 Å². The van der Waals surface area contributed by atoms with Crippen LogP contribution in [0.5, 0.6) is 0 Å². The number of nitrogens with zero attached hydrogens (tertiary/aromatic N) is 3. The zero-order chi connectivity index (χ0) is 26.5. The fourth-order valence-corrected chi connectivity index (χ4v) is 5.43. The smallest absolute Gasteiger partial charge is 0.270 e. The molecule has 9 nitrogen and oxygen atoms in total. The van der Waals surface area contributed by atoms with Gasteiger partial charge in [-0.15, -0.1) is 0 Å². The quantitative estimate of drug-likeness (QED) is 0.509. The van der Waals surface area contributed by atoms with E-state index < -0.39 is 6.04 Å². The highest BCUT2D eigenvalue weighted by Gasteiger charge is 2.41. The van der Waals surface area contributed by atoms with E-state index in [2.05, 4.69) is 15.6 Å². The van der Waals surface area contributed by atoms with Gasteiger partial charge in [-0.1, -0.05) is 36.0 Å². The van der Waals surface area contributed by atoms with Crippen LogP contribution in [0.4, 0.5) is 10.1 Å². The molecular formula is C27H28FN5O4S. The first-order valence-corrected chi connectivity index (χ1v) is 13.6. The van der Waals surface area contributed by atoms with Crippen LogP contribution < -0.4 is 10.6 Å². The lowest BCUT2D eigenvalue weighted by molar-refractivity contribution is -0.122. The molecule has 3 aliphatic heterocycles. The zero-order valence-electron chi connectivity index (χ0n) is 20.7. The fourth-order valence-electron chi connectivity index (χ4n) is 4.55. The number of para-hydroxylation sites is 1. The van der Waals surface area contributed by atoms with Crippen LogP contribution in [0.2, 0.25) is 0 Å². The second-order valence-corrected chi connectivity index (χ2v) is 10.2. The van der Waals surface area contributed by atoms with E-state index in [4.69, 9.17) is 9.73 Å². The second-order valence-electron chi connectivity index (χ2n) is 9.24.